The smallest absolute Gasteiger partial charge is 0.121 e. The molecular weight excluding hydrogens is 260 g/mol. The zero-order valence-electron chi connectivity index (χ0n) is 11.8. The van der Waals surface area contributed by atoms with Crippen LogP contribution in [0.5, 0.6) is 0 Å². The molecule has 0 atom stereocenters. The van der Waals surface area contributed by atoms with Crippen molar-refractivity contribution in [3.63, 3.8) is 0 Å². The molecule has 103 valence electrons. The quantitative estimate of drug-likeness (QED) is 0.631. The van der Waals surface area contributed by atoms with Crippen LogP contribution in [0.3, 0.4) is 0 Å². The van der Waals surface area contributed by atoms with E-state index in [4.69, 9.17) is 0 Å². The zero-order valence-corrected chi connectivity index (χ0v) is 11.8. The van der Waals surface area contributed by atoms with Crippen molar-refractivity contribution in [3.05, 3.63) is 61.1 Å². The van der Waals surface area contributed by atoms with E-state index in [1.807, 2.05) is 34.8 Å². The van der Waals surface area contributed by atoms with Gasteiger partial charge in [-0.15, -0.1) is 5.10 Å². The van der Waals surface area contributed by atoms with Crippen LogP contribution in [0.2, 0.25) is 0 Å². The molecule has 1 aliphatic rings. The molecule has 2 aromatic carbocycles. The number of aromatic nitrogens is 3. The third-order valence-electron chi connectivity index (χ3n) is 3.96. The normalized spacial score (nSPS) is 13.0. The fraction of sp³-hybridized carbons (Fsp3) is 0.118. The third kappa shape index (κ3) is 1.76. The van der Waals surface area contributed by atoms with Crippen LogP contribution in [-0.4, -0.2) is 15.0 Å². The first kappa shape index (κ1) is 12.1. The van der Waals surface area contributed by atoms with Crippen LogP contribution in [0.1, 0.15) is 5.56 Å². The van der Waals surface area contributed by atoms with Crippen LogP contribution in [0.4, 0.5) is 5.69 Å². The largest absolute Gasteiger partial charge is 0.365 e. The summed E-state index contributed by atoms with van der Waals surface area (Å²) >= 11 is 0. The molecule has 2 heterocycles. The summed E-state index contributed by atoms with van der Waals surface area (Å²) in [5.41, 5.74) is 6.52. The maximum Gasteiger partial charge on any atom is 0.121 e. The summed E-state index contributed by atoms with van der Waals surface area (Å²) in [4.78, 5) is 2.03. The predicted octanol–water partition coefficient (Wildman–Crippen LogP) is 3.26. The fourth-order valence-electron chi connectivity index (χ4n) is 2.97. The van der Waals surface area contributed by atoms with E-state index in [-0.39, 0.29) is 0 Å². The molecule has 1 radical (unpaired) electrons. The Balaban J connectivity index is 2.11. The van der Waals surface area contributed by atoms with E-state index in [0.717, 1.165) is 34.7 Å². The van der Waals surface area contributed by atoms with Crippen molar-refractivity contribution in [1.29, 1.82) is 0 Å². The minimum Gasteiger partial charge on any atom is -0.365 e. The molecular formula is C17H15N4. The van der Waals surface area contributed by atoms with E-state index in [9.17, 15) is 0 Å². The summed E-state index contributed by atoms with van der Waals surface area (Å²) in [5.74, 6) is 0. The van der Waals surface area contributed by atoms with E-state index in [0.29, 0.717) is 0 Å². The van der Waals surface area contributed by atoms with Gasteiger partial charge in [0.2, 0.25) is 0 Å². The lowest BCUT2D eigenvalue weighted by Gasteiger charge is -2.26. The number of aryl methyl sites for hydroxylation is 1. The summed E-state index contributed by atoms with van der Waals surface area (Å²) < 4.78 is 1.84. The first-order chi connectivity index (χ1) is 10.3. The van der Waals surface area contributed by atoms with Gasteiger partial charge in [0.15, 0.2) is 0 Å². The molecule has 4 nitrogen and oxygen atoms in total. The SMILES string of the molecule is [CH2]N1Cc2ccccc2-c2nnn(C)c2-c2ccccc21. The topological polar surface area (TPSA) is 34.0 Å². The van der Waals surface area contributed by atoms with Crippen LogP contribution in [-0.2, 0) is 13.6 Å². The Labute approximate surface area is 123 Å². The van der Waals surface area contributed by atoms with Crippen LogP contribution >= 0.6 is 0 Å². The molecule has 0 fully saturated rings. The predicted molar refractivity (Wildman–Crippen MR) is 83.4 cm³/mol. The van der Waals surface area contributed by atoms with Crippen molar-refractivity contribution in [2.75, 3.05) is 4.90 Å². The molecule has 21 heavy (non-hydrogen) atoms. The molecule has 0 saturated carbocycles. The molecule has 0 bridgehead atoms. The Bertz CT molecular complexity index is 819. The average molecular weight is 275 g/mol. The van der Waals surface area contributed by atoms with Crippen molar-refractivity contribution in [2.24, 2.45) is 7.05 Å². The monoisotopic (exact) mass is 275 g/mol. The summed E-state index contributed by atoms with van der Waals surface area (Å²) in [5, 5.41) is 8.63. The maximum absolute atomic E-state index is 4.40. The fourth-order valence-corrected chi connectivity index (χ4v) is 2.97. The second-order valence-corrected chi connectivity index (χ2v) is 5.28. The van der Waals surface area contributed by atoms with Gasteiger partial charge in [0, 0.05) is 37.5 Å². The van der Waals surface area contributed by atoms with E-state index < -0.39 is 0 Å². The van der Waals surface area contributed by atoms with Crippen molar-refractivity contribution in [3.8, 4) is 22.5 Å². The lowest BCUT2D eigenvalue weighted by atomic mass is 9.96. The first-order valence-corrected chi connectivity index (χ1v) is 6.91. The molecule has 0 amide bonds. The molecule has 3 aromatic rings. The highest BCUT2D eigenvalue weighted by molar-refractivity contribution is 5.88. The Morgan fingerprint density at radius 1 is 1.00 bits per heavy atom. The van der Waals surface area contributed by atoms with E-state index >= 15 is 0 Å². The lowest BCUT2D eigenvalue weighted by Crippen LogP contribution is -2.17. The molecule has 4 heteroatoms. The molecule has 1 aromatic heterocycles. The second-order valence-electron chi connectivity index (χ2n) is 5.28. The van der Waals surface area contributed by atoms with Crippen molar-refractivity contribution in [2.45, 2.75) is 6.54 Å². The Hall–Kier alpha value is -2.62. The summed E-state index contributed by atoms with van der Waals surface area (Å²) in [7, 11) is 6.14. The lowest BCUT2D eigenvalue weighted by molar-refractivity contribution is 0.721. The second kappa shape index (κ2) is 4.45. The average Bonchev–Trinajstić information content (AvgIpc) is 2.87. The minimum absolute atomic E-state index is 0.753. The van der Waals surface area contributed by atoms with Crippen molar-refractivity contribution in [1.82, 2.24) is 15.0 Å². The number of para-hydroxylation sites is 1. The number of hydrogen-bond donors (Lipinski definition) is 0. The van der Waals surface area contributed by atoms with Gasteiger partial charge in [0.1, 0.15) is 5.69 Å². The van der Waals surface area contributed by atoms with Crippen LogP contribution in [0.25, 0.3) is 22.5 Å². The molecule has 0 aliphatic carbocycles. The van der Waals surface area contributed by atoms with E-state index in [2.05, 4.69) is 47.7 Å². The molecule has 1 aliphatic heterocycles. The highest BCUT2D eigenvalue weighted by atomic mass is 15.4. The van der Waals surface area contributed by atoms with Crippen molar-refractivity contribution < 1.29 is 0 Å². The van der Waals surface area contributed by atoms with E-state index in [1.54, 1.807) is 0 Å². The van der Waals surface area contributed by atoms with Gasteiger partial charge in [-0.1, -0.05) is 47.7 Å². The van der Waals surface area contributed by atoms with Crippen LogP contribution in [0, 0.1) is 7.05 Å². The Morgan fingerprint density at radius 3 is 2.57 bits per heavy atom. The number of anilines is 1. The van der Waals surface area contributed by atoms with Crippen LogP contribution in [0.15, 0.2) is 48.5 Å². The van der Waals surface area contributed by atoms with E-state index in [1.165, 1.54) is 5.56 Å². The first-order valence-electron chi connectivity index (χ1n) is 6.91. The molecule has 0 unspecified atom stereocenters. The minimum atomic E-state index is 0.753. The molecule has 0 saturated heterocycles. The van der Waals surface area contributed by atoms with Gasteiger partial charge < -0.3 is 4.90 Å². The van der Waals surface area contributed by atoms with Crippen LogP contribution < -0.4 is 4.90 Å². The Morgan fingerprint density at radius 2 is 1.71 bits per heavy atom. The summed E-state index contributed by atoms with van der Waals surface area (Å²) in [6.45, 7) is 0.753. The van der Waals surface area contributed by atoms with Gasteiger partial charge in [-0.25, -0.2) is 4.68 Å². The molecule has 4 rings (SSSR count). The Kier molecular flexibility index (Phi) is 2.57. The summed E-state index contributed by atoms with van der Waals surface area (Å²) in [6.07, 6.45) is 0. The number of fused-ring (bicyclic) bond motifs is 5. The highest BCUT2D eigenvalue weighted by Gasteiger charge is 2.23. The van der Waals surface area contributed by atoms with Gasteiger partial charge in [0.05, 0.1) is 5.69 Å². The maximum atomic E-state index is 4.40. The zero-order chi connectivity index (χ0) is 14.4. The number of nitrogens with zero attached hydrogens (tertiary/aromatic N) is 4. The van der Waals surface area contributed by atoms with Gasteiger partial charge in [-0.2, -0.15) is 0 Å². The number of benzene rings is 2. The van der Waals surface area contributed by atoms with Crippen molar-refractivity contribution >= 4 is 5.69 Å². The molecule has 0 N–H and O–H groups in total. The third-order valence-corrected chi connectivity index (χ3v) is 3.96. The number of hydrogen-bond acceptors (Lipinski definition) is 3. The van der Waals surface area contributed by atoms with Gasteiger partial charge in [-0.3, -0.25) is 0 Å². The van der Waals surface area contributed by atoms with Gasteiger partial charge in [-0.05, 0) is 11.6 Å². The number of rotatable bonds is 0. The van der Waals surface area contributed by atoms with Gasteiger partial charge in [0.25, 0.3) is 0 Å². The highest BCUT2D eigenvalue weighted by Crippen LogP contribution is 2.40. The molecule has 0 spiro atoms. The van der Waals surface area contributed by atoms with Gasteiger partial charge >= 0.3 is 0 Å². The standard InChI is InChI=1S/C17H15N4/c1-20-11-12-7-3-4-8-13(12)16-17(21(2)19-18-16)14-9-5-6-10-15(14)20/h3-10H,1,11H2,2H3. The summed E-state index contributed by atoms with van der Waals surface area (Å²) in [6, 6.07) is 16.6.